The highest BCUT2D eigenvalue weighted by molar-refractivity contribution is 5.82. The van der Waals surface area contributed by atoms with Crippen molar-refractivity contribution in [1.82, 2.24) is 0 Å². The van der Waals surface area contributed by atoms with Crippen molar-refractivity contribution >= 4 is 23.0 Å². The number of anilines is 1. The lowest BCUT2D eigenvalue weighted by Gasteiger charge is -2.17. The van der Waals surface area contributed by atoms with Gasteiger partial charge in [-0.3, -0.25) is 0 Å². The van der Waals surface area contributed by atoms with Crippen LogP contribution in [0, 0.1) is 0 Å². The van der Waals surface area contributed by atoms with Crippen LogP contribution in [0.4, 0.5) is 14.5 Å². The van der Waals surface area contributed by atoms with Crippen LogP contribution in [0.5, 0.6) is 0 Å². The van der Waals surface area contributed by atoms with Crippen LogP contribution in [0.3, 0.4) is 0 Å². The average molecular weight is 325 g/mol. The van der Waals surface area contributed by atoms with Crippen LogP contribution in [-0.2, 0) is 6.42 Å². The van der Waals surface area contributed by atoms with Gasteiger partial charge in [-0.1, -0.05) is 67.8 Å². The molecule has 0 aliphatic rings. The molecule has 1 N–H and O–H groups in total. The van der Waals surface area contributed by atoms with Gasteiger partial charge in [0.05, 0.1) is 0 Å². The Hall–Kier alpha value is -2.68. The van der Waals surface area contributed by atoms with Crippen LogP contribution in [0.1, 0.15) is 29.2 Å². The van der Waals surface area contributed by atoms with E-state index in [0.29, 0.717) is 16.9 Å². The van der Waals surface area contributed by atoms with Gasteiger partial charge in [0, 0.05) is 23.4 Å². The van der Waals surface area contributed by atoms with Crippen molar-refractivity contribution in [3.63, 3.8) is 0 Å². The number of rotatable bonds is 7. The molecule has 0 atom stereocenters. The third kappa shape index (κ3) is 4.19. The Morgan fingerprint density at radius 3 is 2.50 bits per heavy atom. The molecule has 0 radical (unpaired) electrons. The first-order valence-corrected chi connectivity index (χ1v) is 7.67. The summed E-state index contributed by atoms with van der Waals surface area (Å²) >= 11 is 0. The van der Waals surface area contributed by atoms with Crippen LogP contribution in [0.2, 0.25) is 0 Å². The molecule has 3 heteroatoms. The SMILES string of the molecule is C=Cc1ccccc1C(=C)Nc1cc(C(=C)C)ccc1CC(F)F. The van der Waals surface area contributed by atoms with E-state index in [0.717, 1.165) is 22.3 Å². The first kappa shape index (κ1) is 17.7. The van der Waals surface area contributed by atoms with E-state index >= 15 is 0 Å². The highest BCUT2D eigenvalue weighted by atomic mass is 19.3. The van der Waals surface area contributed by atoms with Crippen molar-refractivity contribution in [3.05, 3.63) is 84.5 Å². The van der Waals surface area contributed by atoms with Gasteiger partial charge in [-0.05, 0) is 29.7 Å². The second-order valence-electron chi connectivity index (χ2n) is 5.64. The number of benzene rings is 2. The zero-order valence-electron chi connectivity index (χ0n) is 13.8. The molecular formula is C21H21F2N. The Balaban J connectivity index is 2.39. The Morgan fingerprint density at radius 2 is 1.88 bits per heavy atom. The van der Waals surface area contributed by atoms with Crippen molar-refractivity contribution in [2.45, 2.75) is 19.8 Å². The van der Waals surface area contributed by atoms with E-state index < -0.39 is 6.43 Å². The molecule has 0 saturated carbocycles. The van der Waals surface area contributed by atoms with Gasteiger partial charge >= 0.3 is 0 Å². The predicted octanol–water partition coefficient (Wildman–Crippen LogP) is 6.25. The number of nitrogens with one attached hydrogen (secondary N) is 1. The molecule has 0 spiro atoms. The van der Waals surface area contributed by atoms with Gasteiger partial charge in [0.25, 0.3) is 0 Å². The van der Waals surface area contributed by atoms with Crippen LogP contribution >= 0.6 is 0 Å². The quantitative estimate of drug-likeness (QED) is 0.634. The highest BCUT2D eigenvalue weighted by Crippen LogP contribution is 2.28. The Morgan fingerprint density at radius 1 is 1.17 bits per heavy atom. The number of halogens is 2. The van der Waals surface area contributed by atoms with Crippen LogP contribution in [0.15, 0.2) is 62.2 Å². The van der Waals surface area contributed by atoms with Gasteiger partial charge in [0.1, 0.15) is 0 Å². The van der Waals surface area contributed by atoms with Crippen molar-refractivity contribution < 1.29 is 8.78 Å². The van der Waals surface area contributed by atoms with Crippen LogP contribution in [0.25, 0.3) is 17.3 Å². The summed E-state index contributed by atoms with van der Waals surface area (Å²) in [5, 5.41) is 3.19. The summed E-state index contributed by atoms with van der Waals surface area (Å²) in [4.78, 5) is 0. The predicted molar refractivity (Wildman–Crippen MR) is 100 cm³/mol. The van der Waals surface area contributed by atoms with E-state index in [9.17, 15) is 8.78 Å². The lowest BCUT2D eigenvalue weighted by Crippen LogP contribution is -2.05. The molecule has 124 valence electrons. The normalized spacial score (nSPS) is 10.5. The molecule has 24 heavy (non-hydrogen) atoms. The molecule has 2 aromatic carbocycles. The Bertz CT molecular complexity index is 775. The third-order valence-electron chi connectivity index (χ3n) is 3.77. The van der Waals surface area contributed by atoms with Crippen molar-refractivity contribution in [1.29, 1.82) is 0 Å². The molecule has 0 amide bonds. The Labute approximate surface area is 142 Å². The average Bonchev–Trinajstić information content (AvgIpc) is 2.55. The fourth-order valence-corrected chi connectivity index (χ4v) is 2.48. The summed E-state index contributed by atoms with van der Waals surface area (Å²) in [5.41, 5.74) is 5.41. The number of alkyl halides is 2. The molecule has 0 fully saturated rings. The summed E-state index contributed by atoms with van der Waals surface area (Å²) in [6, 6.07) is 13.0. The second-order valence-corrected chi connectivity index (χ2v) is 5.64. The van der Waals surface area contributed by atoms with E-state index in [1.165, 1.54) is 0 Å². The molecule has 0 heterocycles. The zero-order chi connectivity index (χ0) is 17.7. The number of allylic oxidation sites excluding steroid dienone is 1. The molecular weight excluding hydrogens is 304 g/mol. The van der Waals surface area contributed by atoms with Gasteiger partial charge in [0.2, 0.25) is 6.43 Å². The smallest absolute Gasteiger partial charge is 0.242 e. The minimum Gasteiger partial charge on any atom is -0.355 e. The third-order valence-corrected chi connectivity index (χ3v) is 3.77. The Kier molecular flexibility index (Phi) is 5.69. The van der Waals surface area contributed by atoms with E-state index in [4.69, 9.17) is 0 Å². The molecule has 0 aromatic heterocycles. The van der Waals surface area contributed by atoms with E-state index in [1.807, 2.05) is 43.3 Å². The van der Waals surface area contributed by atoms with E-state index in [-0.39, 0.29) is 6.42 Å². The largest absolute Gasteiger partial charge is 0.355 e. The first-order chi connectivity index (χ1) is 11.4. The fraction of sp³-hybridized carbons (Fsp3) is 0.143. The van der Waals surface area contributed by atoms with Crippen molar-refractivity contribution in [2.24, 2.45) is 0 Å². The maximum absolute atomic E-state index is 12.9. The number of hydrogen-bond donors (Lipinski definition) is 1. The summed E-state index contributed by atoms with van der Waals surface area (Å²) in [6.45, 7) is 13.6. The van der Waals surface area contributed by atoms with Gasteiger partial charge in [-0.25, -0.2) is 8.78 Å². The molecule has 0 bridgehead atoms. The molecule has 1 nitrogen and oxygen atoms in total. The molecule has 0 aliphatic heterocycles. The van der Waals surface area contributed by atoms with Crippen molar-refractivity contribution in [3.8, 4) is 0 Å². The summed E-state index contributed by atoms with van der Waals surface area (Å²) in [5.74, 6) is 0. The molecule has 0 saturated heterocycles. The van der Waals surface area contributed by atoms with Crippen LogP contribution < -0.4 is 5.32 Å². The molecule has 2 aromatic rings. The lowest BCUT2D eigenvalue weighted by atomic mass is 10.0. The van der Waals surface area contributed by atoms with Gasteiger partial charge in [-0.15, -0.1) is 0 Å². The van der Waals surface area contributed by atoms with Gasteiger partial charge in [0.15, 0.2) is 0 Å². The van der Waals surface area contributed by atoms with E-state index in [2.05, 4.69) is 25.1 Å². The topological polar surface area (TPSA) is 12.0 Å². The van der Waals surface area contributed by atoms with Gasteiger partial charge in [-0.2, -0.15) is 0 Å². The molecule has 0 unspecified atom stereocenters. The minimum absolute atomic E-state index is 0.310. The fourth-order valence-electron chi connectivity index (χ4n) is 2.48. The van der Waals surface area contributed by atoms with E-state index in [1.54, 1.807) is 12.1 Å². The lowest BCUT2D eigenvalue weighted by molar-refractivity contribution is 0.149. The maximum Gasteiger partial charge on any atom is 0.242 e. The van der Waals surface area contributed by atoms with Crippen LogP contribution in [-0.4, -0.2) is 6.43 Å². The summed E-state index contributed by atoms with van der Waals surface area (Å²) in [7, 11) is 0. The first-order valence-electron chi connectivity index (χ1n) is 7.67. The standard InChI is InChI=1S/C21H21F2N/c1-5-16-8-6-7-9-19(16)15(4)24-20-12-17(14(2)3)10-11-18(20)13-21(22)23/h5-12,21,24H,1-2,4,13H2,3H3. The monoisotopic (exact) mass is 325 g/mol. The summed E-state index contributed by atoms with van der Waals surface area (Å²) in [6.07, 6.45) is -0.975. The minimum atomic E-state index is -2.41. The number of hydrogen-bond acceptors (Lipinski definition) is 1. The molecule has 0 aliphatic carbocycles. The highest BCUT2D eigenvalue weighted by Gasteiger charge is 2.12. The maximum atomic E-state index is 12.9. The second kappa shape index (κ2) is 7.73. The molecule has 2 rings (SSSR count). The summed E-state index contributed by atoms with van der Waals surface area (Å²) < 4.78 is 25.7. The zero-order valence-corrected chi connectivity index (χ0v) is 13.8. The van der Waals surface area contributed by atoms with Crippen molar-refractivity contribution in [2.75, 3.05) is 5.32 Å². The van der Waals surface area contributed by atoms with Gasteiger partial charge < -0.3 is 5.32 Å².